The van der Waals surface area contributed by atoms with E-state index in [9.17, 15) is 5.11 Å². The van der Waals surface area contributed by atoms with Gasteiger partial charge in [0.05, 0.1) is 0 Å². The number of hydrogen-bond donors (Lipinski definition) is 1. The highest BCUT2D eigenvalue weighted by molar-refractivity contribution is 5.11. The molecule has 0 aliphatic carbocycles. The van der Waals surface area contributed by atoms with Gasteiger partial charge in [0.25, 0.3) is 0 Å². The van der Waals surface area contributed by atoms with Gasteiger partial charge in [-0.3, -0.25) is 0 Å². The molecule has 1 atom stereocenters. The first-order valence-corrected chi connectivity index (χ1v) is 6.59. The second kappa shape index (κ2) is 6.93. The molecular formula is C14H25NO. The van der Waals surface area contributed by atoms with Crippen molar-refractivity contribution in [3.63, 3.8) is 0 Å². The normalized spacial score (nSPS) is 20.9. The summed E-state index contributed by atoms with van der Waals surface area (Å²) in [5.74, 6) is 6.02. The smallest absolute Gasteiger partial charge is 0.123 e. The van der Waals surface area contributed by atoms with Crippen molar-refractivity contribution >= 4 is 0 Å². The highest BCUT2D eigenvalue weighted by atomic mass is 16.3. The molecule has 1 N–H and O–H groups in total. The van der Waals surface area contributed by atoms with Gasteiger partial charge < -0.3 is 10.0 Å². The lowest BCUT2D eigenvalue weighted by molar-refractivity contribution is 0.0903. The molecule has 0 aromatic heterocycles. The molecule has 2 nitrogen and oxygen atoms in total. The van der Waals surface area contributed by atoms with Gasteiger partial charge in [-0.15, -0.1) is 5.92 Å². The Balaban J connectivity index is 2.26. The number of likely N-dealkylation sites (tertiary alicyclic amines) is 1. The predicted octanol–water partition coefficient (Wildman–Crippen LogP) is 2.42. The molecule has 2 heteroatoms. The zero-order chi connectivity index (χ0) is 11.9. The van der Waals surface area contributed by atoms with Crippen molar-refractivity contribution in [2.75, 3.05) is 19.6 Å². The van der Waals surface area contributed by atoms with Crippen molar-refractivity contribution in [1.82, 2.24) is 4.90 Å². The molecule has 1 rings (SSSR count). The minimum Gasteiger partial charge on any atom is -0.378 e. The first kappa shape index (κ1) is 13.5. The maximum Gasteiger partial charge on any atom is 0.123 e. The average Bonchev–Trinajstić information content (AvgIpc) is 2.28. The molecule has 1 unspecified atom stereocenters. The van der Waals surface area contributed by atoms with Gasteiger partial charge in [0, 0.05) is 13.0 Å². The Morgan fingerprint density at radius 3 is 2.56 bits per heavy atom. The Morgan fingerprint density at radius 1 is 1.25 bits per heavy atom. The van der Waals surface area contributed by atoms with Crippen molar-refractivity contribution in [3.8, 4) is 11.8 Å². The Hall–Kier alpha value is -0.520. The molecule has 0 saturated carbocycles. The van der Waals surface area contributed by atoms with Gasteiger partial charge in [0.1, 0.15) is 5.60 Å². The van der Waals surface area contributed by atoms with Crippen LogP contribution in [0.4, 0.5) is 0 Å². The third kappa shape index (κ3) is 5.53. The van der Waals surface area contributed by atoms with E-state index in [1.807, 2.05) is 6.92 Å². The molecule has 1 fully saturated rings. The van der Waals surface area contributed by atoms with Gasteiger partial charge in [-0.2, -0.15) is 0 Å². The van der Waals surface area contributed by atoms with Gasteiger partial charge in [-0.1, -0.05) is 19.3 Å². The van der Waals surface area contributed by atoms with Crippen LogP contribution in [0.5, 0.6) is 0 Å². The Bertz CT molecular complexity index is 243. The first-order valence-electron chi connectivity index (χ1n) is 6.59. The molecule has 1 aliphatic heterocycles. The van der Waals surface area contributed by atoms with Gasteiger partial charge >= 0.3 is 0 Å². The van der Waals surface area contributed by atoms with Crippen LogP contribution in [0.15, 0.2) is 0 Å². The topological polar surface area (TPSA) is 23.5 Å². The largest absolute Gasteiger partial charge is 0.378 e. The van der Waals surface area contributed by atoms with Crippen molar-refractivity contribution in [1.29, 1.82) is 0 Å². The van der Waals surface area contributed by atoms with E-state index in [0.717, 1.165) is 25.8 Å². The zero-order valence-corrected chi connectivity index (χ0v) is 10.8. The van der Waals surface area contributed by atoms with E-state index >= 15 is 0 Å². The quantitative estimate of drug-likeness (QED) is 0.740. The van der Waals surface area contributed by atoms with Crippen LogP contribution >= 0.6 is 0 Å². The van der Waals surface area contributed by atoms with E-state index in [2.05, 4.69) is 23.7 Å². The molecule has 1 heterocycles. The SMILES string of the molecule is CCCC#CC(C)(O)CCN1CCCCC1. The highest BCUT2D eigenvalue weighted by Crippen LogP contribution is 2.13. The van der Waals surface area contributed by atoms with Gasteiger partial charge in [0.2, 0.25) is 0 Å². The second-order valence-corrected chi connectivity index (χ2v) is 4.98. The number of unbranched alkanes of at least 4 members (excludes halogenated alkanes) is 1. The van der Waals surface area contributed by atoms with Gasteiger partial charge in [-0.05, 0) is 45.7 Å². The molecule has 0 aromatic carbocycles. The number of aliphatic hydroxyl groups is 1. The fourth-order valence-electron chi connectivity index (χ4n) is 2.00. The maximum atomic E-state index is 10.1. The summed E-state index contributed by atoms with van der Waals surface area (Å²) in [6.45, 7) is 7.31. The minimum absolute atomic E-state index is 0.768. The van der Waals surface area contributed by atoms with Gasteiger partial charge in [-0.25, -0.2) is 0 Å². The van der Waals surface area contributed by atoms with E-state index in [1.54, 1.807) is 0 Å². The average molecular weight is 223 g/mol. The van der Waals surface area contributed by atoms with E-state index in [1.165, 1.54) is 32.4 Å². The highest BCUT2D eigenvalue weighted by Gasteiger charge is 2.19. The van der Waals surface area contributed by atoms with Gasteiger partial charge in [0.15, 0.2) is 0 Å². The summed E-state index contributed by atoms with van der Waals surface area (Å²) in [5, 5.41) is 10.1. The van der Waals surface area contributed by atoms with E-state index in [-0.39, 0.29) is 0 Å². The lowest BCUT2D eigenvalue weighted by Crippen LogP contribution is -2.35. The Morgan fingerprint density at radius 2 is 1.94 bits per heavy atom. The predicted molar refractivity (Wildman–Crippen MR) is 68.2 cm³/mol. The first-order chi connectivity index (χ1) is 7.64. The number of nitrogens with zero attached hydrogens (tertiary/aromatic N) is 1. The summed E-state index contributed by atoms with van der Waals surface area (Å²) in [6, 6.07) is 0. The summed E-state index contributed by atoms with van der Waals surface area (Å²) < 4.78 is 0. The fourth-order valence-corrected chi connectivity index (χ4v) is 2.00. The molecule has 1 saturated heterocycles. The van der Waals surface area contributed by atoms with Crippen LogP contribution in [-0.2, 0) is 0 Å². The molecule has 92 valence electrons. The molecular weight excluding hydrogens is 198 g/mol. The molecule has 16 heavy (non-hydrogen) atoms. The van der Waals surface area contributed by atoms with Crippen molar-refractivity contribution in [3.05, 3.63) is 0 Å². The molecule has 0 amide bonds. The molecule has 0 spiro atoms. The number of piperidine rings is 1. The van der Waals surface area contributed by atoms with Crippen LogP contribution in [0.2, 0.25) is 0 Å². The Labute approximate surface area is 100 Å². The molecule has 0 radical (unpaired) electrons. The summed E-state index contributed by atoms with van der Waals surface area (Å²) in [6.07, 6.45) is 6.70. The minimum atomic E-state index is -0.799. The molecule has 0 aromatic rings. The van der Waals surface area contributed by atoms with E-state index in [0.29, 0.717) is 0 Å². The summed E-state index contributed by atoms with van der Waals surface area (Å²) in [4.78, 5) is 2.44. The van der Waals surface area contributed by atoms with Crippen LogP contribution in [0.25, 0.3) is 0 Å². The third-order valence-electron chi connectivity index (χ3n) is 3.10. The number of rotatable bonds is 4. The maximum absolute atomic E-state index is 10.1. The third-order valence-corrected chi connectivity index (χ3v) is 3.10. The van der Waals surface area contributed by atoms with Crippen LogP contribution in [0.1, 0.15) is 52.4 Å². The standard InChI is InChI=1S/C14H25NO/c1-3-4-6-9-14(2,16)10-13-15-11-7-5-8-12-15/h16H,3-5,7-8,10-13H2,1-2H3. The fraction of sp³-hybridized carbons (Fsp3) is 0.857. The Kier molecular flexibility index (Phi) is 5.87. The van der Waals surface area contributed by atoms with Crippen molar-refractivity contribution in [2.24, 2.45) is 0 Å². The lowest BCUT2D eigenvalue weighted by atomic mass is 10.0. The summed E-state index contributed by atoms with van der Waals surface area (Å²) in [7, 11) is 0. The van der Waals surface area contributed by atoms with E-state index < -0.39 is 5.60 Å². The van der Waals surface area contributed by atoms with Crippen LogP contribution < -0.4 is 0 Å². The van der Waals surface area contributed by atoms with Crippen LogP contribution in [0.3, 0.4) is 0 Å². The zero-order valence-electron chi connectivity index (χ0n) is 10.8. The summed E-state index contributed by atoms with van der Waals surface area (Å²) >= 11 is 0. The van der Waals surface area contributed by atoms with E-state index in [4.69, 9.17) is 0 Å². The number of hydrogen-bond acceptors (Lipinski definition) is 2. The van der Waals surface area contributed by atoms with Crippen LogP contribution in [-0.4, -0.2) is 35.2 Å². The van der Waals surface area contributed by atoms with Crippen LogP contribution in [0, 0.1) is 11.8 Å². The summed E-state index contributed by atoms with van der Waals surface area (Å²) in [5.41, 5.74) is -0.799. The monoisotopic (exact) mass is 223 g/mol. The molecule has 1 aliphatic rings. The van der Waals surface area contributed by atoms with Crippen molar-refractivity contribution < 1.29 is 5.11 Å². The molecule has 0 bridgehead atoms. The van der Waals surface area contributed by atoms with Crippen molar-refractivity contribution in [2.45, 2.75) is 58.0 Å². The lowest BCUT2D eigenvalue weighted by Gasteiger charge is -2.28. The second-order valence-electron chi connectivity index (χ2n) is 4.98.